The summed E-state index contributed by atoms with van der Waals surface area (Å²) >= 11 is -0.909. The molecule has 33 heavy (non-hydrogen) atoms. The Balaban J connectivity index is 0.00000193. The van der Waals surface area contributed by atoms with Crippen LogP contribution in [0.3, 0.4) is 0 Å². The van der Waals surface area contributed by atoms with Gasteiger partial charge in [-0.15, -0.1) is 0 Å². The molecule has 0 spiro atoms. The van der Waals surface area contributed by atoms with E-state index in [1.54, 1.807) is 20.0 Å². The standard InChI is InChI=1S/C21H25.C9H13.2ClH.Zr/c1-20(2,3)16-7-9-18-14(12-16)11-15-13-17(21(4,5)6)8-10-19(15)18;1-3-8-6-5-7-9(8)4-2;;;/h7-10,12H,11H2,1-6H3;5-7H,3-4H2,1-2H3;2*1H;/q;;;;+2/p-2. The molecule has 0 fully saturated rings. The zero-order valence-corrected chi connectivity index (χ0v) is 25.5. The SMILES string of the molecule is CCC1=CC=C[C]1(CC)[Zr+2][c]1c(C(C)(C)C)ccc2c1Cc1cc(C(C)(C)C)ccc1-2.[Cl-].[Cl-]. The van der Waals surface area contributed by atoms with Crippen LogP contribution in [0.15, 0.2) is 54.1 Å². The van der Waals surface area contributed by atoms with Gasteiger partial charge >= 0.3 is 203 Å². The Kier molecular flexibility index (Phi) is 8.82. The third-order valence-corrected chi connectivity index (χ3v) is 12.5. The first-order valence-corrected chi connectivity index (χ1v) is 14.4. The molecule has 0 aliphatic heterocycles. The second kappa shape index (κ2) is 10.2. The van der Waals surface area contributed by atoms with Crippen molar-refractivity contribution in [3.05, 3.63) is 76.4 Å². The number of benzene rings is 2. The molecule has 176 valence electrons. The Morgan fingerprint density at radius 3 is 2.12 bits per heavy atom. The molecule has 4 rings (SSSR count). The molecule has 0 N–H and O–H groups in total. The maximum absolute atomic E-state index is 2.56. The number of hydrogen-bond acceptors (Lipinski definition) is 0. The van der Waals surface area contributed by atoms with Gasteiger partial charge in [0.2, 0.25) is 0 Å². The Labute approximate surface area is 226 Å². The normalized spacial score (nSPS) is 18.6. The summed E-state index contributed by atoms with van der Waals surface area (Å²) in [6.45, 7) is 18.9. The molecule has 2 aromatic carbocycles. The minimum Gasteiger partial charge on any atom is -1.00 e. The number of hydrogen-bond donors (Lipinski definition) is 0. The minimum atomic E-state index is -0.909. The van der Waals surface area contributed by atoms with Crippen LogP contribution in [0.5, 0.6) is 0 Å². The van der Waals surface area contributed by atoms with E-state index < -0.39 is 23.2 Å². The molecular weight excluding hydrogens is 522 g/mol. The topological polar surface area (TPSA) is 0 Å². The summed E-state index contributed by atoms with van der Waals surface area (Å²) in [4.78, 5) is 0. The second-order valence-electron chi connectivity index (χ2n) is 11.4. The van der Waals surface area contributed by atoms with Crippen molar-refractivity contribution >= 4 is 3.27 Å². The van der Waals surface area contributed by atoms with Gasteiger partial charge in [0.1, 0.15) is 0 Å². The summed E-state index contributed by atoms with van der Waals surface area (Å²) in [6.07, 6.45) is 10.8. The predicted octanol–water partition coefficient (Wildman–Crippen LogP) is 2.04. The van der Waals surface area contributed by atoms with Crippen molar-refractivity contribution < 1.29 is 48.0 Å². The Morgan fingerprint density at radius 2 is 1.55 bits per heavy atom. The van der Waals surface area contributed by atoms with Crippen molar-refractivity contribution in [2.75, 3.05) is 0 Å². The van der Waals surface area contributed by atoms with Gasteiger partial charge in [-0.1, -0.05) is 0 Å². The third kappa shape index (κ3) is 5.17. The van der Waals surface area contributed by atoms with Gasteiger partial charge < -0.3 is 24.8 Å². The molecule has 0 aromatic heterocycles. The molecule has 2 aliphatic carbocycles. The fourth-order valence-electron chi connectivity index (χ4n) is 5.31. The van der Waals surface area contributed by atoms with E-state index in [4.69, 9.17) is 0 Å². The first-order chi connectivity index (χ1) is 14.5. The average Bonchev–Trinajstić information content (AvgIpc) is 3.27. The van der Waals surface area contributed by atoms with Gasteiger partial charge in [0.15, 0.2) is 0 Å². The molecule has 0 saturated carbocycles. The monoisotopic (exact) mass is 558 g/mol. The van der Waals surface area contributed by atoms with E-state index in [1.165, 1.54) is 35.1 Å². The zero-order valence-electron chi connectivity index (χ0n) is 21.5. The summed E-state index contributed by atoms with van der Waals surface area (Å²) in [5.74, 6) is 0. The van der Waals surface area contributed by atoms with E-state index >= 15 is 0 Å². The first-order valence-electron chi connectivity index (χ1n) is 12.0. The van der Waals surface area contributed by atoms with Crippen LogP contribution < -0.4 is 28.1 Å². The zero-order chi connectivity index (χ0) is 22.6. The molecule has 0 saturated heterocycles. The number of rotatable bonds is 4. The van der Waals surface area contributed by atoms with Crippen molar-refractivity contribution in [2.24, 2.45) is 0 Å². The first kappa shape index (κ1) is 28.6. The van der Waals surface area contributed by atoms with Gasteiger partial charge in [-0.2, -0.15) is 0 Å². The quantitative estimate of drug-likeness (QED) is 0.459. The summed E-state index contributed by atoms with van der Waals surface area (Å²) in [6, 6.07) is 12.1. The molecule has 1 atom stereocenters. The molecule has 0 bridgehead atoms. The molecule has 0 radical (unpaired) electrons. The van der Waals surface area contributed by atoms with Crippen molar-refractivity contribution in [2.45, 2.75) is 88.6 Å². The predicted molar refractivity (Wildman–Crippen MR) is 132 cm³/mol. The summed E-state index contributed by atoms with van der Waals surface area (Å²) < 4.78 is 2.12. The molecule has 2 aromatic rings. The molecule has 0 nitrogen and oxygen atoms in total. The number of allylic oxidation sites excluding steroid dienone is 4. The van der Waals surface area contributed by atoms with Crippen molar-refractivity contribution in [3.8, 4) is 11.1 Å². The Hall–Kier alpha value is -0.617. The molecule has 2 aliphatic rings. The van der Waals surface area contributed by atoms with E-state index in [9.17, 15) is 0 Å². The Bertz CT molecular complexity index is 1080. The average molecular weight is 561 g/mol. The van der Waals surface area contributed by atoms with Gasteiger partial charge in [0, 0.05) is 0 Å². The second-order valence-corrected chi connectivity index (χ2v) is 15.5. The van der Waals surface area contributed by atoms with E-state index in [2.05, 4.69) is 104 Å². The smallest absolute Gasteiger partial charge is 1.00 e. The van der Waals surface area contributed by atoms with Crippen molar-refractivity contribution in [1.29, 1.82) is 0 Å². The van der Waals surface area contributed by atoms with Crippen LogP contribution in [0.1, 0.15) is 90.5 Å². The van der Waals surface area contributed by atoms with Crippen LogP contribution in [0.2, 0.25) is 3.12 Å². The van der Waals surface area contributed by atoms with E-state index in [0.717, 1.165) is 6.42 Å². The molecule has 3 heteroatoms. The largest absolute Gasteiger partial charge is 1.00 e. The van der Waals surface area contributed by atoms with Gasteiger partial charge in [0.25, 0.3) is 0 Å². The summed E-state index contributed by atoms with van der Waals surface area (Å²) in [7, 11) is 0. The van der Waals surface area contributed by atoms with Crippen LogP contribution in [0, 0.1) is 0 Å². The summed E-state index contributed by atoms with van der Waals surface area (Å²) in [5, 5.41) is 0. The van der Waals surface area contributed by atoms with Crippen molar-refractivity contribution in [3.63, 3.8) is 0 Å². The van der Waals surface area contributed by atoms with Gasteiger partial charge in [0.05, 0.1) is 0 Å². The van der Waals surface area contributed by atoms with Crippen molar-refractivity contribution in [1.82, 2.24) is 0 Å². The molecule has 0 heterocycles. The summed E-state index contributed by atoms with van der Waals surface area (Å²) in [5.41, 5.74) is 11.3. The van der Waals surface area contributed by atoms with Crippen LogP contribution in [-0.4, -0.2) is 0 Å². The van der Waals surface area contributed by atoms with Crippen LogP contribution in [0.4, 0.5) is 0 Å². The molecule has 0 amide bonds. The number of fused-ring (bicyclic) bond motifs is 3. The molecular formula is C30H38Cl2Zr. The van der Waals surface area contributed by atoms with E-state index in [-0.39, 0.29) is 35.6 Å². The maximum atomic E-state index is 2.56. The van der Waals surface area contributed by atoms with Crippen LogP contribution >= 0.6 is 0 Å². The maximum Gasteiger partial charge on any atom is -1.00 e. The fourth-order valence-corrected chi connectivity index (χ4v) is 10.7. The Morgan fingerprint density at radius 1 is 0.879 bits per heavy atom. The van der Waals surface area contributed by atoms with Gasteiger partial charge in [-0.25, -0.2) is 0 Å². The molecule has 1 unspecified atom stereocenters. The van der Waals surface area contributed by atoms with Gasteiger partial charge in [-0.05, 0) is 0 Å². The third-order valence-electron chi connectivity index (χ3n) is 7.29. The fraction of sp³-hybridized carbons (Fsp3) is 0.467. The van der Waals surface area contributed by atoms with Gasteiger partial charge in [-0.3, -0.25) is 0 Å². The van der Waals surface area contributed by atoms with E-state index in [1.807, 2.05) is 0 Å². The number of halogens is 2. The van der Waals surface area contributed by atoms with Crippen LogP contribution in [-0.2, 0) is 40.5 Å². The van der Waals surface area contributed by atoms with Crippen LogP contribution in [0.25, 0.3) is 11.1 Å². The minimum absolute atomic E-state index is 0. The van der Waals surface area contributed by atoms with E-state index in [0.29, 0.717) is 3.12 Å².